The minimum atomic E-state index is -0.0319. The molecular weight excluding hydrogens is 148 g/mol. The van der Waals surface area contributed by atoms with Gasteiger partial charge in [-0.15, -0.1) is 6.42 Å². The smallest absolute Gasteiger partial charge is 0.0572 e. The van der Waals surface area contributed by atoms with E-state index in [1.54, 1.807) is 0 Å². The van der Waals surface area contributed by atoms with Gasteiger partial charge >= 0.3 is 0 Å². The van der Waals surface area contributed by atoms with Crippen LogP contribution in [0, 0.1) is 19.3 Å². The first-order chi connectivity index (χ1) is 5.65. The molecule has 0 aliphatic heterocycles. The van der Waals surface area contributed by atoms with Crippen LogP contribution in [0.15, 0.2) is 12.1 Å². The van der Waals surface area contributed by atoms with E-state index in [1.165, 1.54) is 0 Å². The molecule has 1 rings (SSSR count). The van der Waals surface area contributed by atoms with Crippen molar-refractivity contribution in [1.29, 1.82) is 0 Å². The summed E-state index contributed by atoms with van der Waals surface area (Å²) in [6, 6.07) is 3.71. The Morgan fingerprint density at radius 1 is 1.58 bits per heavy atom. The van der Waals surface area contributed by atoms with Crippen LogP contribution in [-0.2, 0) is 0 Å². The van der Waals surface area contributed by atoms with Crippen LogP contribution in [0.5, 0.6) is 0 Å². The second kappa shape index (κ2) is 3.38. The SMILES string of the molecule is C#Cc1ccc(C(C)N)nc1C. The lowest BCUT2D eigenvalue weighted by atomic mass is 10.1. The molecule has 2 nitrogen and oxygen atoms in total. The predicted octanol–water partition coefficient (Wildman–Crippen LogP) is 1.39. The molecule has 0 spiro atoms. The molecule has 0 amide bonds. The first-order valence-corrected chi connectivity index (χ1v) is 3.85. The van der Waals surface area contributed by atoms with Crippen molar-refractivity contribution in [1.82, 2.24) is 4.98 Å². The maximum Gasteiger partial charge on any atom is 0.0572 e. The number of terminal acetylenes is 1. The molecule has 0 saturated heterocycles. The zero-order chi connectivity index (χ0) is 9.14. The van der Waals surface area contributed by atoms with E-state index < -0.39 is 0 Å². The van der Waals surface area contributed by atoms with Crippen molar-refractivity contribution in [3.8, 4) is 12.3 Å². The summed E-state index contributed by atoms with van der Waals surface area (Å²) >= 11 is 0. The number of hydrogen-bond acceptors (Lipinski definition) is 2. The molecule has 1 aromatic rings. The maximum absolute atomic E-state index is 5.66. The van der Waals surface area contributed by atoms with E-state index in [0.29, 0.717) is 0 Å². The summed E-state index contributed by atoms with van der Waals surface area (Å²) < 4.78 is 0. The summed E-state index contributed by atoms with van der Waals surface area (Å²) in [6.45, 7) is 3.79. The molecule has 0 fully saturated rings. The van der Waals surface area contributed by atoms with E-state index in [9.17, 15) is 0 Å². The third-order valence-electron chi connectivity index (χ3n) is 1.73. The van der Waals surface area contributed by atoms with E-state index in [1.807, 2.05) is 26.0 Å². The monoisotopic (exact) mass is 160 g/mol. The van der Waals surface area contributed by atoms with Crippen molar-refractivity contribution in [3.63, 3.8) is 0 Å². The number of pyridine rings is 1. The molecule has 0 aliphatic rings. The summed E-state index contributed by atoms with van der Waals surface area (Å²) in [5, 5.41) is 0. The number of nitrogens with two attached hydrogens (primary N) is 1. The van der Waals surface area contributed by atoms with Crippen LogP contribution in [-0.4, -0.2) is 4.98 Å². The lowest BCUT2D eigenvalue weighted by Gasteiger charge is -2.05. The zero-order valence-corrected chi connectivity index (χ0v) is 7.33. The first kappa shape index (κ1) is 8.76. The molecule has 2 N–H and O–H groups in total. The lowest BCUT2D eigenvalue weighted by molar-refractivity contribution is 0.775. The molecule has 0 aromatic carbocycles. The van der Waals surface area contributed by atoms with Gasteiger partial charge in [0.05, 0.1) is 11.4 Å². The summed E-state index contributed by atoms with van der Waals surface area (Å²) in [7, 11) is 0. The van der Waals surface area contributed by atoms with Crippen LogP contribution in [0.4, 0.5) is 0 Å². The number of aryl methyl sites for hydroxylation is 1. The fourth-order valence-electron chi connectivity index (χ4n) is 0.987. The van der Waals surface area contributed by atoms with Gasteiger partial charge in [0.2, 0.25) is 0 Å². The molecule has 0 bridgehead atoms. The predicted molar refractivity (Wildman–Crippen MR) is 49.5 cm³/mol. The minimum absolute atomic E-state index is 0.0319. The molecule has 1 aromatic heterocycles. The lowest BCUT2D eigenvalue weighted by Crippen LogP contribution is -2.08. The Morgan fingerprint density at radius 2 is 2.25 bits per heavy atom. The Bertz CT molecular complexity index is 321. The molecule has 62 valence electrons. The van der Waals surface area contributed by atoms with Gasteiger partial charge in [-0.1, -0.05) is 5.92 Å². The molecule has 0 radical (unpaired) electrons. The van der Waals surface area contributed by atoms with Crippen molar-refractivity contribution in [3.05, 3.63) is 29.1 Å². The highest BCUT2D eigenvalue weighted by Crippen LogP contribution is 2.09. The van der Waals surface area contributed by atoms with Crippen molar-refractivity contribution >= 4 is 0 Å². The van der Waals surface area contributed by atoms with Gasteiger partial charge in [0.25, 0.3) is 0 Å². The summed E-state index contributed by atoms with van der Waals surface area (Å²) in [5.74, 6) is 2.56. The van der Waals surface area contributed by atoms with Gasteiger partial charge in [0.1, 0.15) is 0 Å². The topological polar surface area (TPSA) is 38.9 Å². The number of aromatic nitrogens is 1. The van der Waals surface area contributed by atoms with Gasteiger partial charge in [-0.2, -0.15) is 0 Å². The summed E-state index contributed by atoms with van der Waals surface area (Å²) in [6.07, 6.45) is 5.26. The molecular formula is C10H12N2. The van der Waals surface area contributed by atoms with Crippen LogP contribution in [0.25, 0.3) is 0 Å². The van der Waals surface area contributed by atoms with Crippen molar-refractivity contribution < 1.29 is 0 Å². The highest BCUT2D eigenvalue weighted by atomic mass is 14.8. The number of rotatable bonds is 1. The Hall–Kier alpha value is -1.33. The third-order valence-corrected chi connectivity index (χ3v) is 1.73. The fraction of sp³-hybridized carbons (Fsp3) is 0.300. The van der Waals surface area contributed by atoms with Crippen LogP contribution in [0.1, 0.15) is 29.9 Å². The van der Waals surface area contributed by atoms with E-state index in [4.69, 9.17) is 12.2 Å². The van der Waals surface area contributed by atoms with Crippen LogP contribution >= 0.6 is 0 Å². The van der Waals surface area contributed by atoms with Crippen LogP contribution in [0.3, 0.4) is 0 Å². The van der Waals surface area contributed by atoms with Gasteiger partial charge in [-0.3, -0.25) is 4.98 Å². The minimum Gasteiger partial charge on any atom is -0.323 e. The summed E-state index contributed by atoms with van der Waals surface area (Å²) in [4.78, 5) is 4.28. The van der Waals surface area contributed by atoms with Gasteiger partial charge in [0.15, 0.2) is 0 Å². The summed E-state index contributed by atoms with van der Waals surface area (Å²) in [5.41, 5.74) is 8.24. The van der Waals surface area contributed by atoms with E-state index >= 15 is 0 Å². The molecule has 12 heavy (non-hydrogen) atoms. The maximum atomic E-state index is 5.66. The molecule has 0 aliphatic carbocycles. The quantitative estimate of drug-likeness (QED) is 0.630. The molecule has 1 heterocycles. The van der Waals surface area contributed by atoms with Crippen LogP contribution < -0.4 is 5.73 Å². The Kier molecular flexibility index (Phi) is 2.47. The Balaban J connectivity index is 3.12. The zero-order valence-electron chi connectivity index (χ0n) is 7.33. The standard InChI is InChI=1S/C10H12N2/c1-4-9-5-6-10(7(2)11)12-8(9)3/h1,5-7H,11H2,2-3H3. The normalized spacial score (nSPS) is 12.2. The van der Waals surface area contributed by atoms with Crippen LogP contribution in [0.2, 0.25) is 0 Å². The van der Waals surface area contributed by atoms with E-state index in [-0.39, 0.29) is 6.04 Å². The van der Waals surface area contributed by atoms with Gasteiger partial charge < -0.3 is 5.73 Å². The average Bonchev–Trinajstić information content (AvgIpc) is 2.04. The highest BCUT2D eigenvalue weighted by Gasteiger charge is 2.02. The number of nitrogens with zero attached hydrogens (tertiary/aromatic N) is 1. The third kappa shape index (κ3) is 1.63. The fourth-order valence-corrected chi connectivity index (χ4v) is 0.987. The molecule has 1 unspecified atom stereocenters. The average molecular weight is 160 g/mol. The van der Waals surface area contributed by atoms with Gasteiger partial charge in [0, 0.05) is 11.6 Å². The second-order valence-corrected chi connectivity index (χ2v) is 2.80. The van der Waals surface area contributed by atoms with E-state index in [2.05, 4.69) is 10.9 Å². The molecule has 0 saturated carbocycles. The highest BCUT2D eigenvalue weighted by molar-refractivity contribution is 5.36. The van der Waals surface area contributed by atoms with Crippen molar-refractivity contribution in [2.45, 2.75) is 19.9 Å². The van der Waals surface area contributed by atoms with Gasteiger partial charge in [-0.05, 0) is 26.0 Å². The van der Waals surface area contributed by atoms with Crippen molar-refractivity contribution in [2.75, 3.05) is 0 Å². The second-order valence-electron chi connectivity index (χ2n) is 2.80. The Morgan fingerprint density at radius 3 is 2.67 bits per heavy atom. The van der Waals surface area contributed by atoms with E-state index in [0.717, 1.165) is 17.0 Å². The Labute approximate surface area is 72.8 Å². The number of hydrogen-bond donors (Lipinski definition) is 1. The van der Waals surface area contributed by atoms with Gasteiger partial charge in [-0.25, -0.2) is 0 Å². The molecule has 2 heteroatoms. The largest absolute Gasteiger partial charge is 0.323 e. The first-order valence-electron chi connectivity index (χ1n) is 3.85. The molecule has 1 atom stereocenters. The van der Waals surface area contributed by atoms with Crippen molar-refractivity contribution in [2.24, 2.45) is 5.73 Å².